The van der Waals surface area contributed by atoms with Crippen molar-refractivity contribution in [1.82, 2.24) is 14.5 Å². The van der Waals surface area contributed by atoms with Gasteiger partial charge in [-0.2, -0.15) is 13.2 Å². The highest BCUT2D eigenvalue weighted by atomic mass is 32.2. The number of fused-ring (bicyclic) bond motifs is 1. The maximum absolute atomic E-state index is 13.6. The quantitative estimate of drug-likeness (QED) is 0.218. The summed E-state index contributed by atoms with van der Waals surface area (Å²) in [5.74, 6) is 1.07. The number of alkyl halides is 3. The Kier molecular flexibility index (Phi) is 6.41. The second-order valence-electron chi connectivity index (χ2n) is 10.3. The summed E-state index contributed by atoms with van der Waals surface area (Å²) in [7, 11) is -3.45. The van der Waals surface area contributed by atoms with Crippen molar-refractivity contribution < 1.29 is 26.0 Å². The molecule has 10 heteroatoms. The molecule has 6 nitrogen and oxygen atoms in total. The number of sulfone groups is 1. The van der Waals surface area contributed by atoms with Crippen molar-refractivity contribution in [3.8, 4) is 39.4 Å². The van der Waals surface area contributed by atoms with Crippen molar-refractivity contribution in [3.63, 3.8) is 0 Å². The Bertz CT molecular complexity index is 1920. The highest BCUT2D eigenvalue weighted by Crippen LogP contribution is 2.40. The normalized spacial score (nSPS) is 13.5. The molecule has 1 aliphatic carbocycles. The first kappa shape index (κ1) is 27.0. The van der Waals surface area contributed by atoms with Gasteiger partial charge in [0.25, 0.3) is 0 Å². The fourth-order valence-electron chi connectivity index (χ4n) is 5.39. The third-order valence-corrected chi connectivity index (χ3v) is 8.48. The number of benzene rings is 3. The zero-order valence-corrected chi connectivity index (χ0v) is 23.4. The second-order valence-corrected chi connectivity index (χ2v) is 12.3. The van der Waals surface area contributed by atoms with Crippen LogP contribution in [0, 0.1) is 13.8 Å². The van der Waals surface area contributed by atoms with E-state index in [0.717, 1.165) is 37.3 Å². The molecular weight excluding hydrogens is 551 g/mol. The zero-order chi connectivity index (χ0) is 29.1. The van der Waals surface area contributed by atoms with E-state index in [1.807, 2.05) is 6.07 Å². The minimum Gasteiger partial charge on any atom is -0.440 e. The first-order valence-electron chi connectivity index (χ1n) is 13.1. The minimum atomic E-state index is -4.61. The van der Waals surface area contributed by atoms with E-state index in [-0.39, 0.29) is 10.7 Å². The van der Waals surface area contributed by atoms with Crippen molar-refractivity contribution in [1.29, 1.82) is 0 Å². The second kappa shape index (κ2) is 9.73. The van der Waals surface area contributed by atoms with Crippen molar-refractivity contribution in [2.24, 2.45) is 0 Å². The number of aromatic nitrogens is 3. The van der Waals surface area contributed by atoms with E-state index in [1.165, 1.54) is 28.7 Å². The lowest BCUT2D eigenvalue weighted by atomic mass is 9.97. The van der Waals surface area contributed by atoms with Crippen molar-refractivity contribution in [2.45, 2.75) is 44.2 Å². The van der Waals surface area contributed by atoms with Gasteiger partial charge >= 0.3 is 6.18 Å². The summed E-state index contributed by atoms with van der Waals surface area (Å²) >= 11 is 0. The van der Waals surface area contributed by atoms with E-state index < -0.39 is 21.7 Å². The molecule has 210 valence electrons. The van der Waals surface area contributed by atoms with Crippen LogP contribution in [0.5, 0.6) is 0 Å². The Hall–Kier alpha value is -4.18. The number of hydrogen-bond acceptors (Lipinski definition) is 5. The summed E-state index contributed by atoms with van der Waals surface area (Å²) < 4.78 is 72.7. The molecule has 0 fully saturated rings. The van der Waals surface area contributed by atoms with E-state index in [9.17, 15) is 21.6 Å². The topological polar surface area (TPSA) is 78.0 Å². The molecule has 0 N–H and O–H groups in total. The summed E-state index contributed by atoms with van der Waals surface area (Å²) in [4.78, 5) is 8.62. The van der Waals surface area contributed by atoms with Crippen molar-refractivity contribution in [2.75, 3.05) is 6.26 Å². The number of imidazole rings is 1. The van der Waals surface area contributed by atoms with Crippen LogP contribution in [-0.4, -0.2) is 29.2 Å². The average molecular weight is 578 g/mol. The standard InChI is InChI=1S/C31H26F3N3O3S/c1-18-35-28(31(32,33)34)17-37(18)27-13-12-23(22-8-5-9-25(15-22)41(3,38)39)16-26(27)29-30(40-19(2)36-29)24-11-10-20-6-4-7-21(20)14-24/h5,8-17H,4,6-7H2,1-3H3. The molecule has 6 rings (SSSR count). The number of halogens is 3. The highest BCUT2D eigenvalue weighted by molar-refractivity contribution is 7.90. The molecule has 0 atom stereocenters. The first-order valence-corrected chi connectivity index (χ1v) is 15.0. The highest BCUT2D eigenvalue weighted by Gasteiger charge is 2.35. The largest absolute Gasteiger partial charge is 0.440 e. The van der Waals surface area contributed by atoms with E-state index in [2.05, 4.69) is 17.1 Å². The maximum atomic E-state index is 13.6. The molecular formula is C31H26F3N3O3S. The lowest BCUT2D eigenvalue weighted by molar-refractivity contribution is -0.141. The zero-order valence-electron chi connectivity index (χ0n) is 22.6. The van der Waals surface area contributed by atoms with Crippen LogP contribution in [0.3, 0.4) is 0 Å². The van der Waals surface area contributed by atoms with Gasteiger partial charge < -0.3 is 8.98 Å². The molecule has 5 aromatic rings. The molecule has 3 aromatic carbocycles. The number of hydrogen-bond donors (Lipinski definition) is 0. The number of aryl methyl sites for hydroxylation is 4. The number of oxazole rings is 1. The Balaban J connectivity index is 1.59. The summed E-state index contributed by atoms with van der Waals surface area (Å²) in [5, 5.41) is 0. The summed E-state index contributed by atoms with van der Waals surface area (Å²) in [6.07, 6.45) is 0.584. The Morgan fingerprint density at radius 3 is 2.34 bits per heavy atom. The molecule has 41 heavy (non-hydrogen) atoms. The Morgan fingerprint density at radius 1 is 0.878 bits per heavy atom. The molecule has 0 bridgehead atoms. The van der Waals surface area contributed by atoms with Crippen LogP contribution in [-0.2, 0) is 28.9 Å². The Morgan fingerprint density at radius 2 is 1.61 bits per heavy atom. The van der Waals surface area contributed by atoms with Crippen LogP contribution in [0.15, 0.2) is 76.2 Å². The SMILES string of the molecule is Cc1nc(-c2cc(-c3cccc(S(C)(=O)=O)c3)ccc2-n2cc(C(F)(F)F)nc2C)c(-c2ccc3c(c2)CCC3)o1. The van der Waals surface area contributed by atoms with Crippen LogP contribution >= 0.6 is 0 Å². The molecule has 0 unspecified atom stereocenters. The molecule has 1 aliphatic rings. The van der Waals surface area contributed by atoms with Crippen LogP contribution in [0.25, 0.3) is 39.4 Å². The number of rotatable bonds is 5. The monoisotopic (exact) mass is 577 g/mol. The van der Waals surface area contributed by atoms with E-state index in [4.69, 9.17) is 9.40 Å². The van der Waals surface area contributed by atoms with Gasteiger partial charge in [-0.1, -0.05) is 30.3 Å². The lowest BCUT2D eigenvalue weighted by Gasteiger charge is -2.14. The fraction of sp³-hybridized carbons (Fsp3) is 0.226. The van der Waals surface area contributed by atoms with E-state index in [0.29, 0.717) is 39.7 Å². The predicted molar refractivity (Wildman–Crippen MR) is 150 cm³/mol. The van der Waals surface area contributed by atoms with Gasteiger partial charge in [0.05, 0.1) is 10.6 Å². The van der Waals surface area contributed by atoms with E-state index >= 15 is 0 Å². The fourth-order valence-corrected chi connectivity index (χ4v) is 6.06. The molecule has 2 heterocycles. The van der Waals surface area contributed by atoms with Crippen molar-refractivity contribution >= 4 is 9.84 Å². The number of nitrogens with zero attached hydrogens (tertiary/aromatic N) is 3. The molecule has 0 radical (unpaired) electrons. The van der Waals surface area contributed by atoms with Gasteiger partial charge in [0, 0.05) is 30.5 Å². The van der Waals surface area contributed by atoms with Crippen LogP contribution in [0.4, 0.5) is 13.2 Å². The van der Waals surface area contributed by atoms with Crippen LogP contribution < -0.4 is 0 Å². The van der Waals surface area contributed by atoms with Gasteiger partial charge in [0.2, 0.25) is 0 Å². The molecule has 0 amide bonds. The summed E-state index contributed by atoms with van der Waals surface area (Å²) in [5.41, 5.74) is 5.11. The van der Waals surface area contributed by atoms with E-state index in [1.54, 1.807) is 43.3 Å². The van der Waals surface area contributed by atoms with Gasteiger partial charge in [-0.05, 0) is 78.8 Å². The van der Waals surface area contributed by atoms with Crippen LogP contribution in [0.1, 0.15) is 35.0 Å². The smallest absolute Gasteiger partial charge is 0.434 e. The van der Waals surface area contributed by atoms with Crippen molar-refractivity contribution in [3.05, 3.63) is 95.4 Å². The van der Waals surface area contributed by atoms with Gasteiger partial charge in [0.1, 0.15) is 11.5 Å². The first-order chi connectivity index (χ1) is 19.4. The predicted octanol–water partition coefficient (Wildman–Crippen LogP) is 7.39. The summed E-state index contributed by atoms with van der Waals surface area (Å²) in [6, 6.07) is 17.9. The lowest BCUT2D eigenvalue weighted by Crippen LogP contribution is -2.05. The maximum Gasteiger partial charge on any atom is 0.434 e. The molecule has 0 spiro atoms. The molecule has 0 aliphatic heterocycles. The Labute approximate surface area is 235 Å². The van der Waals surface area contributed by atoms with Crippen LogP contribution in [0.2, 0.25) is 0 Å². The molecule has 0 saturated heterocycles. The minimum absolute atomic E-state index is 0.157. The summed E-state index contributed by atoms with van der Waals surface area (Å²) in [6.45, 7) is 3.24. The molecule has 0 saturated carbocycles. The third kappa shape index (κ3) is 5.08. The van der Waals surface area contributed by atoms with Gasteiger partial charge in [-0.3, -0.25) is 0 Å². The van der Waals surface area contributed by atoms with Gasteiger partial charge in [0.15, 0.2) is 27.2 Å². The third-order valence-electron chi connectivity index (χ3n) is 7.37. The van der Waals surface area contributed by atoms with Gasteiger partial charge in [-0.15, -0.1) is 0 Å². The van der Waals surface area contributed by atoms with Gasteiger partial charge in [-0.25, -0.2) is 18.4 Å². The molecule has 2 aromatic heterocycles. The average Bonchev–Trinajstić information content (AvgIpc) is 3.65.